The minimum Gasteiger partial charge on any atom is -0.444 e. The molecule has 1 aliphatic rings. The van der Waals surface area contributed by atoms with Crippen molar-refractivity contribution in [2.24, 2.45) is 0 Å². The number of aromatic nitrogens is 6. The van der Waals surface area contributed by atoms with Gasteiger partial charge in [-0.2, -0.15) is 10.2 Å². The van der Waals surface area contributed by atoms with Crippen LogP contribution in [0.1, 0.15) is 64.3 Å². The number of H-pyrrole nitrogens is 1. The van der Waals surface area contributed by atoms with Gasteiger partial charge in [-0.1, -0.05) is 6.07 Å². The van der Waals surface area contributed by atoms with E-state index in [9.17, 15) is 4.79 Å². The van der Waals surface area contributed by atoms with E-state index in [1.54, 1.807) is 4.90 Å². The van der Waals surface area contributed by atoms with E-state index >= 15 is 0 Å². The van der Waals surface area contributed by atoms with Crippen molar-refractivity contribution in [1.29, 1.82) is 0 Å². The number of aromatic amines is 1. The zero-order valence-electron chi connectivity index (χ0n) is 22.7. The summed E-state index contributed by atoms with van der Waals surface area (Å²) in [5, 5.41) is 12.9. The van der Waals surface area contributed by atoms with Gasteiger partial charge in [0.15, 0.2) is 12.1 Å². The molecule has 1 unspecified atom stereocenters. The molecule has 10 nitrogen and oxygen atoms in total. The van der Waals surface area contributed by atoms with Crippen LogP contribution in [-0.2, 0) is 16.0 Å². The second kappa shape index (κ2) is 10.5. The summed E-state index contributed by atoms with van der Waals surface area (Å²) >= 11 is 0. The number of benzene rings is 1. The molecule has 38 heavy (non-hydrogen) atoms. The monoisotopic (exact) mass is 517 g/mol. The van der Waals surface area contributed by atoms with E-state index in [1.807, 2.05) is 44.8 Å². The highest BCUT2D eigenvalue weighted by molar-refractivity contribution is 5.95. The van der Waals surface area contributed by atoms with E-state index in [-0.39, 0.29) is 12.3 Å². The van der Waals surface area contributed by atoms with Crippen LogP contribution in [-0.4, -0.2) is 59.7 Å². The summed E-state index contributed by atoms with van der Waals surface area (Å²) in [5.74, 6) is 0.612. The van der Waals surface area contributed by atoms with Gasteiger partial charge in [0.25, 0.3) is 0 Å². The van der Waals surface area contributed by atoms with E-state index in [1.165, 1.54) is 6.33 Å². The van der Waals surface area contributed by atoms with Crippen LogP contribution in [0.4, 0.5) is 4.79 Å². The predicted octanol–water partition coefficient (Wildman–Crippen LogP) is 5.65. The van der Waals surface area contributed by atoms with Gasteiger partial charge in [-0.15, -0.1) is 0 Å². The molecule has 1 fully saturated rings. The van der Waals surface area contributed by atoms with Crippen molar-refractivity contribution in [3.05, 3.63) is 48.0 Å². The van der Waals surface area contributed by atoms with Crippen molar-refractivity contribution >= 4 is 17.0 Å². The van der Waals surface area contributed by atoms with Crippen molar-refractivity contribution in [2.45, 2.75) is 72.3 Å². The van der Waals surface area contributed by atoms with Crippen LogP contribution >= 0.6 is 0 Å². The lowest BCUT2D eigenvalue weighted by atomic mass is 9.97. The SMILES string of the molecule is CCN(Cc1cncc(-c2ccc3c(c2)c(-c2ncn[nH]2)nn3C2CCCCO2)c1C)C(=O)OC(C)(C)C. The molecular weight excluding hydrogens is 482 g/mol. The van der Waals surface area contributed by atoms with Crippen LogP contribution in [0.5, 0.6) is 0 Å². The molecule has 4 heterocycles. The summed E-state index contributed by atoms with van der Waals surface area (Å²) < 4.78 is 13.6. The van der Waals surface area contributed by atoms with Crippen molar-refractivity contribution in [2.75, 3.05) is 13.2 Å². The summed E-state index contributed by atoms with van der Waals surface area (Å²) in [7, 11) is 0. The molecule has 1 saturated heterocycles. The van der Waals surface area contributed by atoms with Crippen molar-refractivity contribution in [3.8, 4) is 22.6 Å². The van der Waals surface area contributed by atoms with Crippen LogP contribution < -0.4 is 0 Å². The second-order valence-electron chi connectivity index (χ2n) is 10.6. The summed E-state index contributed by atoms with van der Waals surface area (Å²) in [5.41, 5.74) is 5.20. The van der Waals surface area contributed by atoms with E-state index < -0.39 is 5.60 Å². The Labute approximate surface area is 222 Å². The van der Waals surface area contributed by atoms with E-state index in [4.69, 9.17) is 14.6 Å². The quantitative estimate of drug-likeness (QED) is 0.352. The van der Waals surface area contributed by atoms with Gasteiger partial charge in [0.2, 0.25) is 0 Å². The first kappa shape index (κ1) is 25.8. The maximum Gasteiger partial charge on any atom is 0.410 e. The van der Waals surface area contributed by atoms with Crippen LogP contribution in [0.2, 0.25) is 0 Å². The Kier molecular flexibility index (Phi) is 7.16. The summed E-state index contributed by atoms with van der Waals surface area (Å²) in [4.78, 5) is 23.3. The Morgan fingerprint density at radius 3 is 2.79 bits per heavy atom. The predicted molar refractivity (Wildman–Crippen MR) is 144 cm³/mol. The molecule has 0 aliphatic carbocycles. The Morgan fingerprint density at radius 2 is 2.11 bits per heavy atom. The lowest BCUT2D eigenvalue weighted by Gasteiger charge is -2.27. The standard InChI is InChI=1S/C28H35N7O3/c1-6-34(27(36)38-28(3,4)5)16-20-14-29-15-22(18(20)2)19-10-11-23-21(13-19)25(26-30-17-31-32-26)33-35(23)24-9-7-8-12-37-24/h10-11,13-15,17,24H,6-9,12,16H2,1-5H3,(H,30,31,32). The average molecular weight is 518 g/mol. The fraction of sp³-hybridized carbons (Fsp3) is 0.464. The molecule has 1 aromatic carbocycles. The van der Waals surface area contributed by atoms with Crippen LogP contribution in [0.15, 0.2) is 36.9 Å². The lowest BCUT2D eigenvalue weighted by molar-refractivity contribution is -0.0365. The van der Waals surface area contributed by atoms with Gasteiger partial charge in [0.1, 0.15) is 17.6 Å². The summed E-state index contributed by atoms with van der Waals surface area (Å²) in [6, 6.07) is 6.30. The third-order valence-corrected chi connectivity index (χ3v) is 6.80. The Hall–Kier alpha value is -3.79. The Balaban J connectivity index is 1.52. The highest BCUT2D eigenvalue weighted by Crippen LogP contribution is 2.35. The first-order valence-electron chi connectivity index (χ1n) is 13.2. The normalized spacial score (nSPS) is 16.1. The molecule has 5 rings (SSSR count). The first-order valence-corrected chi connectivity index (χ1v) is 13.2. The largest absolute Gasteiger partial charge is 0.444 e. The van der Waals surface area contributed by atoms with E-state index in [2.05, 4.69) is 45.3 Å². The lowest BCUT2D eigenvalue weighted by Crippen LogP contribution is -2.36. The first-order chi connectivity index (χ1) is 18.2. The highest BCUT2D eigenvalue weighted by atomic mass is 16.6. The molecule has 0 spiro atoms. The average Bonchev–Trinajstić information content (AvgIpc) is 3.55. The van der Waals surface area contributed by atoms with Crippen molar-refractivity contribution < 1.29 is 14.3 Å². The third kappa shape index (κ3) is 5.26. The van der Waals surface area contributed by atoms with Crippen LogP contribution in [0, 0.1) is 6.92 Å². The van der Waals surface area contributed by atoms with Gasteiger partial charge >= 0.3 is 6.09 Å². The number of hydrogen-bond donors (Lipinski definition) is 1. The number of hydrogen-bond acceptors (Lipinski definition) is 7. The smallest absolute Gasteiger partial charge is 0.410 e. The van der Waals surface area contributed by atoms with Gasteiger partial charge in [-0.3, -0.25) is 10.1 Å². The maximum absolute atomic E-state index is 12.7. The molecule has 1 amide bonds. The van der Waals surface area contributed by atoms with Gasteiger partial charge in [0, 0.05) is 36.5 Å². The molecule has 1 atom stereocenters. The number of amides is 1. The highest BCUT2D eigenvalue weighted by Gasteiger charge is 2.24. The van der Waals surface area contributed by atoms with Gasteiger partial charge in [-0.25, -0.2) is 14.5 Å². The summed E-state index contributed by atoms with van der Waals surface area (Å²) in [6.07, 6.45) is 7.84. The number of carbonyl (C=O) groups is 1. The van der Waals surface area contributed by atoms with Crippen molar-refractivity contribution in [1.82, 2.24) is 34.8 Å². The minimum absolute atomic E-state index is 0.103. The number of nitrogens with one attached hydrogen (secondary N) is 1. The van der Waals surface area contributed by atoms with E-state index in [0.717, 1.165) is 64.7 Å². The van der Waals surface area contributed by atoms with Gasteiger partial charge in [0.05, 0.1) is 12.1 Å². The summed E-state index contributed by atoms with van der Waals surface area (Å²) in [6.45, 7) is 11.3. The Bertz CT molecular complexity index is 1420. The van der Waals surface area contributed by atoms with Gasteiger partial charge < -0.3 is 14.4 Å². The zero-order valence-corrected chi connectivity index (χ0v) is 22.7. The number of fused-ring (bicyclic) bond motifs is 1. The molecule has 0 bridgehead atoms. The van der Waals surface area contributed by atoms with Crippen molar-refractivity contribution in [3.63, 3.8) is 0 Å². The topological polar surface area (TPSA) is 111 Å². The molecular formula is C28H35N7O3. The molecule has 1 N–H and O–H groups in total. The number of pyridine rings is 1. The molecule has 0 saturated carbocycles. The molecule has 10 heteroatoms. The molecule has 1 aliphatic heterocycles. The number of nitrogens with zero attached hydrogens (tertiary/aromatic N) is 6. The molecule has 4 aromatic rings. The molecule has 3 aromatic heterocycles. The fourth-order valence-corrected chi connectivity index (χ4v) is 4.80. The fourth-order valence-electron chi connectivity index (χ4n) is 4.80. The van der Waals surface area contributed by atoms with Crippen LogP contribution in [0.3, 0.4) is 0 Å². The third-order valence-electron chi connectivity index (χ3n) is 6.80. The number of carbonyl (C=O) groups excluding carboxylic acids is 1. The zero-order chi connectivity index (χ0) is 26.9. The van der Waals surface area contributed by atoms with Gasteiger partial charge in [-0.05, 0) is 82.7 Å². The van der Waals surface area contributed by atoms with Crippen LogP contribution in [0.25, 0.3) is 33.5 Å². The minimum atomic E-state index is -0.552. The molecule has 0 radical (unpaired) electrons. The van der Waals surface area contributed by atoms with E-state index in [0.29, 0.717) is 18.9 Å². The maximum atomic E-state index is 12.7. The molecule has 200 valence electrons. The number of rotatable bonds is 6. The number of ether oxygens (including phenoxy) is 2. The second-order valence-corrected chi connectivity index (χ2v) is 10.6. The Morgan fingerprint density at radius 1 is 1.26 bits per heavy atom.